The van der Waals surface area contributed by atoms with Crippen molar-refractivity contribution in [2.24, 2.45) is 11.3 Å². The van der Waals surface area contributed by atoms with E-state index in [9.17, 15) is 4.79 Å². The van der Waals surface area contributed by atoms with Gasteiger partial charge < -0.3 is 4.90 Å². The van der Waals surface area contributed by atoms with E-state index in [1.165, 1.54) is 21.9 Å². The van der Waals surface area contributed by atoms with Gasteiger partial charge in [0.1, 0.15) is 0 Å². The Morgan fingerprint density at radius 3 is 2.88 bits per heavy atom. The van der Waals surface area contributed by atoms with E-state index in [0.29, 0.717) is 11.3 Å². The molecule has 2 aromatic heterocycles. The highest BCUT2D eigenvalue weighted by Gasteiger charge is 2.32. The zero-order valence-electron chi connectivity index (χ0n) is 16.0. The fourth-order valence-corrected chi connectivity index (χ4v) is 6.27. The fraction of sp³-hybridized carbons (Fsp3) is 0.619. The molecular formula is C21H28N2OS2. The summed E-state index contributed by atoms with van der Waals surface area (Å²) < 4.78 is 0. The van der Waals surface area contributed by atoms with Gasteiger partial charge in [-0.3, -0.25) is 4.79 Å². The number of likely N-dealkylation sites (tertiary alicyclic amines) is 1. The van der Waals surface area contributed by atoms with Gasteiger partial charge in [0, 0.05) is 35.5 Å². The van der Waals surface area contributed by atoms with Crippen LogP contribution in [0.25, 0.3) is 0 Å². The van der Waals surface area contributed by atoms with Crippen molar-refractivity contribution >= 4 is 28.6 Å². The number of hydrogen-bond donors (Lipinski definition) is 0. The van der Waals surface area contributed by atoms with E-state index < -0.39 is 0 Å². The second-order valence-electron chi connectivity index (χ2n) is 8.83. The molecule has 1 saturated heterocycles. The third kappa shape index (κ3) is 3.61. The lowest BCUT2D eigenvalue weighted by Gasteiger charge is -2.33. The van der Waals surface area contributed by atoms with Gasteiger partial charge in [0.05, 0.1) is 9.88 Å². The number of hydrogen-bond acceptors (Lipinski definition) is 4. The largest absolute Gasteiger partial charge is 0.337 e. The lowest BCUT2D eigenvalue weighted by atomic mass is 9.72. The first-order valence-electron chi connectivity index (χ1n) is 9.72. The van der Waals surface area contributed by atoms with Crippen LogP contribution in [0.15, 0.2) is 17.6 Å². The van der Waals surface area contributed by atoms with Crippen LogP contribution in [0.3, 0.4) is 0 Å². The Bertz CT molecular complexity index is 773. The molecule has 0 bridgehead atoms. The topological polar surface area (TPSA) is 33.2 Å². The van der Waals surface area contributed by atoms with Gasteiger partial charge in [-0.05, 0) is 55.1 Å². The van der Waals surface area contributed by atoms with Crippen molar-refractivity contribution in [2.45, 2.75) is 58.8 Å². The molecule has 2 aromatic rings. The van der Waals surface area contributed by atoms with Crippen LogP contribution in [-0.2, 0) is 12.8 Å². The molecule has 0 saturated carbocycles. The number of fused-ring (bicyclic) bond motifs is 1. The molecule has 0 aromatic carbocycles. The van der Waals surface area contributed by atoms with Crippen molar-refractivity contribution in [1.29, 1.82) is 0 Å². The Morgan fingerprint density at radius 1 is 1.31 bits per heavy atom. The number of thiophene rings is 1. The van der Waals surface area contributed by atoms with E-state index in [4.69, 9.17) is 0 Å². The zero-order valence-corrected chi connectivity index (χ0v) is 17.6. The monoisotopic (exact) mass is 388 g/mol. The first kappa shape index (κ1) is 18.2. The SMILES string of the molecule is CC(C)(C)C1CCc2sc(C(=O)N3CCCC(c4nccs4)C3)cc2C1. The fourth-order valence-electron chi connectivity index (χ4n) is 4.32. The molecule has 5 heteroatoms. The standard InChI is InChI=1S/C21H28N2OS2/c1-21(2,3)16-6-7-17-15(11-16)12-18(26-17)20(24)23-9-4-5-14(13-23)19-22-8-10-25-19/h8,10,12,14,16H,4-7,9,11,13H2,1-3H3. The van der Waals surface area contributed by atoms with E-state index in [1.54, 1.807) is 22.7 Å². The molecule has 26 heavy (non-hydrogen) atoms. The summed E-state index contributed by atoms with van der Waals surface area (Å²) in [5.41, 5.74) is 1.77. The van der Waals surface area contributed by atoms with Crippen molar-refractivity contribution in [2.75, 3.05) is 13.1 Å². The molecule has 4 rings (SSSR count). The zero-order chi connectivity index (χ0) is 18.3. The number of carbonyl (C=O) groups is 1. The molecule has 3 heterocycles. The average molecular weight is 389 g/mol. The summed E-state index contributed by atoms with van der Waals surface area (Å²) in [5.74, 6) is 1.36. The highest BCUT2D eigenvalue weighted by Crippen LogP contribution is 2.40. The second-order valence-corrected chi connectivity index (χ2v) is 10.9. The summed E-state index contributed by atoms with van der Waals surface area (Å²) in [5, 5.41) is 3.22. The van der Waals surface area contributed by atoms with Crippen molar-refractivity contribution in [3.05, 3.63) is 38.0 Å². The van der Waals surface area contributed by atoms with E-state index in [1.807, 2.05) is 11.6 Å². The van der Waals surface area contributed by atoms with E-state index in [0.717, 1.165) is 49.6 Å². The van der Waals surface area contributed by atoms with Crippen LogP contribution in [0, 0.1) is 11.3 Å². The Balaban J connectivity index is 1.48. The maximum absolute atomic E-state index is 13.1. The highest BCUT2D eigenvalue weighted by molar-refractivity contribution is 7.14. The summed E-state index contributed by atoms with van der Waals surface area (Å²) in [6.45, 7) is 8.72. The van der Waals surface area contributed by atoms with Crippen LogP contribution < -0.4 is 0 Å². The highest BCUT2D eigenvalue weighted by atomic mass is 32.1. The molecule has 1 amide bonds. The summed E-state index contributed by atoms with van der Waals surface area (Å²) >= 11 is 3.46. The Kier molecular flexibility index (Phi) is 4.95. The number of nitrogens with zero attached hydrogens (tertiary/aromatic N) is 2. The van der Waals surface area contributed by atoms with Crippen LogP contribution in [0.4, 0.5) is 0 Å². The molecule has 3 nitrogen and oxygen atoms in total. The Hall–Kier alpha value is -1.20. The molecule has 2 atom stereocenters. The van der Waals surface area contributed by atoms with Crippen LogP contribution in [-0.4, -0.2) is 28.9 Å². The predicted octanol–water partition coefficient (Wildman–Crippen LogP) is 5.38. The molecule has 2 unspecified atom stereocenters. The molecule has 0 spiro atoms. The third-order valence-electron chi connectivity index (χ3n) is 6.03. The molecule has 1 aliphatic heterocycles. The van der Waals surface area contributed by atoms with Crippen molar-refractivity contribution in [1.82, 2.24) is 9.88 Å². The minimum atomic E-state index is 0.234. The van der Waals surface area contributed by atoms with Crippen molar-refractivity contribution in [3.63, 3.8) is 0 Å². The van der Waals surface area contributed by atoms with Crippen LogP contribution in [0.1, 0.15) is 71.1 Å². The maximum atomic E-state index is 13.1. The van der Waals surface area contributed by atoms with Gasteiger partial charge in [0.2, 0.25) is 0 Å². The van der Waals surface area contributed by atoms with Crippen molar-refractivity contribution in [3.8, 4) is 0 Å². The summed E-state index contributed by atoms with van der Waals surface area (Å²) in [6, 6.07) is 2.20. The smallest absolute Gasteiger partial charge is 0.263 e. The van der Waals surface area contributed by atoms with Gasteiger partial charge >= 0.3 is 0 Å². The van der Waals surface area contributed by atoms with E-state index in [-0.39, 0.29) is 5.91 Å². The third-order valence-corrected chi connectivity index (χ3v) is 8.19. The minimum Gasteiger partial charge on any atom is -0.337 e. The van der Waals surface area contributed by atoms with Gasteiger partial charge in [-0.2, -0.15) is 0 Å². The number of rotatable bonds is 2. The Labute approximate surface area is 164 Å². The number of carbonyl (C=O) groups excluding carboxylic acids is 1. The number of amides is 1. The van der Waals surface area contributed by atoms with Gasteiger partial charge in [-0.25, -0.2) is 4.98 Å². The summed E-state index contributed by atoms with van der Waals surface area (Å²) in [7, 11) is 0. The van der Waals surface area contributed by atoms with E-state index in [2.05, 4.69) is 36.7 Å². The molecule has 140 valence electrons. The lowest BCUT2D eigenvalue weighted by Crippen LogP contribution is -2.38. The van der Waals surface area contributed by atoms with Crippen LogP contribution >= 0.6 is 22.7 Å². The molecule has 0 N–H and O–H groups in total. The maximum Gasteiger partial charge on any atom is 0.263 e. The van der Waals surface area contributed by atoms with Crippen LogP contribution in [0.5, 0.6) is 0 Å². The minimum absolute atomic E-state index is 0.234. The molecule has 1 aliphatic carbocycles. The molecule has 1 fully saturated rings. The first-order chi connectivity index (χ1) is 12.4. The quantitative estimate of drug-likeness (QED) is 0.692. The van der Waals surface area contributed by atoms with E-state index >= 15 is 0 Å². The molecular weight excluding hydrogens is 360 g/mol. The second kappa shape index (κ2) is 7.08. The van der Waals surface area contributed by atoms with Gasteiger partial charge in [-0.15, -0.1) is 22.7 Å². The lowest BCUT2D eigenvalue weighted by molar-refractivity contribution is 0.0712. The Morgan fingerprint density at radius 2 is 2.15 bits per heavy atom. The number of aromatic nitrogens is 1. The predicted molar refractivity (Wildman–Crippen MR) is 109 cm³/mol. The first-order valence-corrected chi connectivity index (χ1v) is 11.4. The molecule has 2 aliphatic rings. The number of aryl methyl sites for hydroxylation is 1. The van der Waals surface area contributed by atoms with Gasteiger partial charge in [0.25, 0.3) is 5.91 Å². The van der Waals surface area contributed by atoms with Gasteiger partial charge in [-0.1, -0.05) is 20.8 Å². The van der Waals surface area contributed by atoms with Crippen molar-refractivity contribution < 1.29 is 4.79 Å². The van der Waals surface area contributed by atoms with Gasteiger partial charge in [0.15, 0.2) is 0 Å². The van der Waals surface area contributed by atoms with Crippen LogP contribution in [0.2, 0.25) is 0 Å². The molecule has 0 radical (unpaired) electrons. The average Bonchev–Trinajstić information content (AvgIpc) is 3.29. The summed E-state index contributed by atoms with van der Waals surface area (Å²) in [6.07, 6.45) is 7.61. The summed E-state index contributed by atoms with van der Waals surface area (Å²) in [4.78, 5) is 22.1. The normalized spacial score (nSPS) is 23.7. The number of piperidine rings is 1. The number of thiazole rings is 1.